The Hall–Kier alpha value is -2.55. The number of nitrogens with zero attached hydrogens (tertiary/aromatic N) is 6. The molecule has 8 heteroatoms. The van der Waals surface area contributed by atoms with Gasteiger partial charge in [0.25, 0.3) is 0 Å². The van der Waals surface area contributed by atoms with Gasteiger partial charge in [0.05, 0.1) is 30.6 Å². The molecule has 4 atom stereocenters. The van der Waals surface area contributed by atoms with Crippen molar-refractivity contribution in [2.24, 2.45) is 11.8 Å². The Morgan fingerprint density at radius 3 is 2.58 bits per heavy atom. The van der Waals surface area contributed by atoms with Gasteiger partial charge in [0.2, 0.25) is 0 Å². The molecule has 2 aliphatic rings. The molecule has 31 heavy (non-hydrogen) atoms. The maximum absolute atomic E-state index is 5.89. The van der Waals surface area contributed by atoms with Gasteiger partial charge >= 0.3 is 0 Å². The molecule has 1 aliphatic heterocycles. The van der Waals surface area contributed by atoms with Crippen molar-refractivity contribution in [2.45, 2.75) is 38.1 Å². The average Bonchev–Trinajstić information content (AvgIpc) is 3.54. The third-order valence-electron chi connectivity index (χ3n) is 6.76. The topological polar surface area (TPSA) is 70.2 Å². The number of benzene rings is 1. The quantitative estimate of drug-likeness (QED) is 0.583. The summed E-state index contributed by atoms with van der Waals surface area (Å²) in [5.74, 6) is 1.33. The summed E-state index contributed by atoms with van der Waals surface area (Å²) in [4.78, 5) is 2.59. The molecule has 3 heterocycles. The van der Waals surface area contributed by atoms with Crippen LogP contribution in [0.15, 0.2) is 48.9 Å². The van der Waals surface area contributed by atoms with E-state index in [0.29, 0.717) is 18.4 Å². The minimum absolute atomic E-state index is 0.173. The van der Waals surface area contributed by atoms with Crippen molar-refractivity contribution < 1.29 is 9.47 Å². The Morgan fingerprint density at radius 2 is 1.87 bits per heavy atom. The molecule has 2 aromatic heterocycles. The summed E-state index contributed by atoms with van der Waals surface area (Å²) < 4.78 is 15.0. The Morgan fingerprint density at radius 1 is 1.06 bits per heavy atom. The van der Waals surface area contributed by atoms with Crippen LogP contribution in [0, 0.1) is 11.8 Å². The summed E-state index contributed by atoms with van der Waals surface area (Å²) in [7, 11) is 3.50. The molecule has 1 aromatic carbocycles. The van der Waals surface area contributed by atoms with Gasteiger partial charge in [0.15, 0.2) is 0 Å². The van der Waals surface area contributed by atoms with Gasteiger partial charge in [0.1, 0.15) is 5.69 Å². The molecular weight excluding hydrogens is 392 g/mol. The van der Waals surface area contributed by atoms with Crippen LogP contribution in [-0.4, -0.2) is 63.1 Å². The van der Waals surface area contributed by atoms with Gasteiger partial charge in [-0.1, -0.05) is 17.3 Å². The number of methoxy groups -OCH3 is 2. The molecule has 0 bridgehead atoms. The van der Waals surface area contributed by atoms with Crippen molar-refractivity contribution in [3.63, 3.8) is 0 Å². The summed E-state index contributed by atoms with van der Waals surface area (Å²) in [6.45, 7) is 3.72. The van der Waals surface area contributed by atoms with E-state index >= 15 is 0 Å². The van der Waals surface area contributed by atoms with Gasteiger partial charge < -0.3 is 9.47 Å². The number of hydrogen-bond donors (Lipinski definition) is 0. The monoisotopic (exact) mass is 422 g/mol. The highest BCUT2D eigenvalue weighted by Gasteiger charge is 2.43. The number of fused-ring (bicyclic) bond motifs is 1. The van der Waals surface area contributed by atoms with E-state index in [4.69, 9.17) is 9.47 Å². The molecule has 0 radical (unpaired) electrons. The number of aromatic nitrogens is 5. The van der Waals surface area contributed by atoms with Crippen molar-refractivity contribution in [1.29, 1.82) is 0 Å². The number of ether oxygens (including phenoxy) is 2. The molecule has 0 N–H and O–H groups in total. The maximum atomic E-state index is 5.89. The van der Waals surface area contributed by atoms with Crippen LogP contribution in [0.5, 0.6) is 0 Å². The van der Waals surface area contributed by atoms with E-state index in [-0.39, 0.29) is 12.1 Å². The Kier molecular flexibility index (Phi) is 5.85. The van der Waals surface area contributed by atoms with Crippen LogP contribution in [0.1, 0.15) is 30.1 Å². The smallest absolute Gasteiger partial charge is 0.108 e. The highest BCUT2D eigenvalue weighted by molar-refractivity contribution is 5.33. The molecule has 0 unspecified atom stereocenters. The summed E-state index contributed by atoms with van der Waals surface area (Å²) in [5.41, 5.74) is 3.30. The lowest BCUT2D eigenvalue weighted by molar-refractivity contribution is -0.00548. The van der Waals surface area contributed by atoms with Gasteiger partial charge in [-0.2, -0.15) is 5.10 Å². The summed E-state index contributed by atoms with van der Waals surface area (Å²) in [6, 6.07) is 10.9. The predicted molar refractivity (Wildman–Crippen MR) is 116 cm³/mol. The number of likely N-dealkylation sites (tertiary alicyclic amines) is 1. The van der Waals surface area contributed by atoms with Crippen molar-refractivity contribution in [3.05, 3.63) is 60.2 Å². The SMILES string of the molecule is COCc1cn([C@@H]2C[C@@H]3CN(Cc4ccc(-n5cccn5)cc4)C[C@@H]3C[C@H]2OC)nn1. The molecule has 1 saturated carbocycles. The molecule has 0 spiro atoms. The van der Waals surface area contributed by atoms with E-state index in [1.807, 2.05) is 34.9 Å². The molecular formula is C23H30N6O2. The normalized spacial score (nSPS) is 26.3. The van der Waals surface area contributed by atoms with E-state index in [0.717, 1.165) is 43.9 Å². The predicted octanol–water partition coefficient (Wildman–Crippen LogP) is 2.71. The maximum Gasteiger partial charge on any atom is 0.108 e. The van der Waals surface area contributed by atoms with Gasteiger partial charge in [-0.05, 0) is 48.4 Å². The van der Waals surface area contributed by atoms with E-state index in [2.05, 4.69) is 44.6 Å². The Bertz CT molecular complexity index is 970. The highest BCUT2D eigenvalue weighted by atomic mass is 16.5. The zero-order chi connectivity index (χ0) is 21.2. The first kappa shape index (κ1) is 20.4. The second-order valence-electron chi connectivity index (χ2n) is 8.77. The molecule has 5 rings (SSSR count). The van der Waals surface area contributed by atoms with Crippen molar-refractivity contribution >= 4 is 0 Å². The summed E-state index contributed by atoms with van der Waals surface area (Å²) in [6.07, 6.45) is 8.10. The van der Waals surface area contributed by atoms with Crippen LogP contribution >= 0.6 is 0 Å². The van der Waals surface area contributed by atoms with E-state index < -0.39 is 0 Å². The largest absolute Gasteiger partial charge is 0.379 e. The van der Waals surface area contributed by atoms with Crippen molar-refractivity contribution in [3.8, 4) is 5.69 Å². The summed E-state index contributed by atoms with van der Waals surface area (Å²) >= 11 is 0. The summed E-state index contributed by atoms with van der Waals surface area (Å²) in [5, 5.41) is 12.9. The second-order valence-corrected chi connectivity index (χ2v) is 8.77. The fraction of sp³-hybridized carbons (Fsp3) is 0.522. The van der Waals surface area contributed by atoms with Gasteiger partial charge in [-0.25, -0.2) is 9.36 Å². The van der Waals surface area contributed by atoms with Crippen molar-refractivity contribution in [2.75, 3.05) is 27.3 Å². The molecule has 1 aliphatic carbocycles. The number of hydrogen-bond acceptors (Lipinski definition) is 6. The first-order chi connectivity index (χ1) is 15.2. The van der Waals surface area contributed by atoms with Crippen LogP contribution in [-0.2, 0) is 22.6 Å². The lowest BCUT2D eigenvalue weighted by atomic mass is 9.77. The molecule has 8 nitrogen and oxygen atoms in total. The van der Waals surface area contributed by atoms with Crippen LogP contribution in [0.2, 0.25) is 0 Å². The van der Waals surface area contributed by atoms with Gasteiger partial charge in [0, 0.05) is 46.2 Å². The third-order valence-corrected chi connectivity index (χ3v) is 6.76. The van der Waals surface area contributed by atoms with E-state index in [1.54, 1.807) is 13.3 Å². The van der Waals surface area contributed by atoms with E-state index in [9.17, 15) is 0 Å². The first-order valence-electron chi connectivity index (χ1n) is 11.0. The molecule has 0 amide bonds. The minimum Gasteiger partial charge on any atom is -0.379 e. The third kappa shape index (κ3) is 4.28. The van der Waals surface area contributed by atoms with Gasteiger partial charge in [-0.15, -0.1) is 5.10 Å². The highest BCUT2D eigenvalue weighted by Crippen LogP contribution is 2.42. The standard InChI is InChI=1S/C23H30N6O2/c1-30-16-20-15-29(26-25-20)22-10-18-13-27(14-19(18)11-23(22)31-2)12-17-4-6-21(7-5-17)28-9-3-8-24-28/h3-9,15,18-19,22-23H,10-14,16H2,1-2H3/t18-,19+,22-,23-/m1/s1. The Balaban J connectivity index is 1.23. The van der Waals surface area contributed by atoms with Crippen molar-refractivity contribution in [1.82, 2.24) is 29.7 Å². The lowest BCUT2D eigenvalue weighted by Gasteiger charge is -2.37. The minimum atomic E-state index is 0.173. The molecule has 1 saturated heterocycles. The molecule has 3 aromatic rings. The van der Waals surface area contributed by atoms with E-state index in [1.165, 1.54) is 5.56 Å². The fourth-order valence-electron chi connectivity index (χ4n) is 5.27. The second kappa shape index (κ2) is 8.90. The molecule has 164 valence electrons. The molecule has 2 fully saturated rings. The lowest BCUT2D eigenvalue weighted by Crippen LogP contribution is -2.37. The van der Waals surface area contributed by atoms with Crippen LogP contribution in [0.25, 0.3) is 5.69 Å². The fourth-order valence-corrected chi connectivity index (χ4v) is 5.27. The zero-order valence-corrected chi connectivity index (χ0v) is 18.2. The Labute approximate surface area is 182 Å². The zero-order valence-electron chi connectivity index (χ0n) is 18.2. The van der Waals surface area contributed by atoms with Crippen LogP contribution in [0.4, 0.5) is 0 Å². The van der Waals surface area contributed by atoms with Gasteiger partial charge in [-0.3, -0.25) is 4.90 Å². The van der Waals surface area contributed by atoms with Crippen LogP contribution < -0.4 is 0 Å². The average molecular weight is 423 g/mol. The number of rotatable bonds is 7. The first-order valence-corrected chi connectivity index (χ1v) is 11.0. The van der Waals surface area contributed by atoms with Crippen LogP contribution in [0.3, 0.4) is 0 Å².